The molecule has 0 radical (unpaired) electrons. The van der Waals surface area contributed by atoms with Crippen molar-refractivity contribution in [2.24, 2.45) is 0 Å². The minimum atomic E-state index is -0.324. The summed E-state index contributed by atoms with van der Waals surface area (Å²) in [6.07, 6.45) is -0.527. The molecule has 0 aliphatic heterocycles. The Morgan fingerprint density at radius 3 is 1.41 bits per heavy atom. The van der Waals surface area contributed by atoms with Gasteiger partial charge in [0.2, 0.25) is 0 Å². The maximum absolute atomic E-state index is 12.6. The highest BCUT2D eigenvalue weighted by Crippen LogP contribution is 2.44. The Labute approximate surface area is 160 Å². The van der Waals surface area contributed by atoms with Gasteiger partial charge < -0.3 is 0 Å². The molecular formula is C22H14N2O2S. The van der Waals surface area contributed by atoms with Crippen LogP contribution in [0, 0.1) is 22.7 Å². The Morgan fingerprint density at radius 1 is 0.704 bits per heavy atom. The quantitative estimate of drug-likeness (QED) is 0.553. The second-order valence-corrected chi connectivity index (χ2v) is 6.78. The number of hydrogen-bond donors (Lipinski definition) is 0. The van der Waals surface area contributed by atoms with E-state index >= 15 is 0 Å². The van der Waals surface area contributed by atoms with Crippen molar-refractivity contribution in [2.45, 2.75) is 12.8 Å². The van der Waals surface area contributed by atoms with Gasteiger partial charge in [0, 0.05) is 11.1 Å². The summed E-state index contributed by atoms with van der Waals surface area (Å²) < 4.78 is 0. The third kappa shape index (κ3) is 3.69. The number of benzene rings is 2. The molecule has 0 saturated carbocycles. The highest BCUT2D eigenvalue weighted by molar-refractivity contribution is 7.17. The van der Waals surface area contributed by atoms with E-state index in [1.807, 2.05) is 72.8 Å². The number of ketones is 2. The number of nitriles is 2. The second-order valence-electron chi connectivity index (χ2n) is 5.76. The minimum Gasteiger partial charge on any atom is -0.292 e. The van der Waals surface area contributed by atoms with Crippen LogP contribution in [0.2, 0.25) is 0 Å². The van der Waals surface area contributed by atoms with Crippen molar-refractivity contribution in [1.29, 1.82) is 10.5 Å². The molecule has 0 amide bonds. The third-order valence-corrected chi connectivity index (χ3v) is 5.29. The summed E-state index contributed by atoms with van der Waals surface area (Å²) >= 11 is 1.07. The van der Waals surface area contributed by atoms with Crippen LogP contribution in [0.1, 0.15) is 32.2 Å². The molecule has 130 valence electrons. The highest BCUT2D eigenvalue weighted by atomic mass is 32.1. The van der Waals surface area contributed by atoms with E-state index in [2.05, 4.69) is 0 Å². The standard InChI is InChI=1S/C22H14N2O2S/c23-13-11-17(25)21-19(15-7-3-1-4-8-15)20(16-9-5-2-6-10-16)22(27-21)18(26)12-14-24/h1-10H,11-12H2. The van der Waals surface area contributed by atoms with E-state index in [1.165, 1.54) is 0 Å². The lowest BCUT2D eigenvalue weighted by molar-refractivity contribution is 0.0995. The van der Waals surface area contributed by atoms with Gasteiger partial charge in [-0.15, -0.1) is 11.3 Å². The van der Waals surface area contributed by atoms with Gasteiger partial charge in [-0.05, 0) is 11.1 Å². The fourth-order valence-corrected chi connectivity index (χ4v) is 4.11. The van der Waals surface area contributed by atoms with Crippen molar-refractivity contribution in [2.75, 3.05) is 0 Å². The Bertz CT molecular complexity index is 985. The number of rotatable bonds is 6. The van der Waals surface area contributed by atoms with Crippen LogP contribution >= 0.6 is 11.3 Å². The molecule has 0 atom stereocenters. The first-order chi connectivity index (χ1) is 13.2. The number of nitrogens with zero attached hydrogens (tertiary/aromatic N) is 2. The van der Waals surface area contributed by atoms with Gasteiger partial charge in [-0.1, -0.05) is 60.7 Å². The van der Waals surface area contributed by atoms with Crippen molar-refractivity contribution < 1.29 is 9.59 Å². The van der Waals surface area contributed by atoms with E-state index in [-0.39, 0.29) is 24.4 Å². The lowest BCUT2D eigenvalue weighted by atomic mass is 9.92. The lowest BCUT2D eigenvalue weighted by Crippen LogP contribution is -1.97. The van der Waals surface area contributed by atoms with Crippen molar-refractivity contribution in [1.82, 2.24) is 0 Å². The maximum Gasteiger partial charge on any atom is 0.187 e. The van der Waals surface area contributed by atoms with E-state index in [0.717, 1.165) is 22.5 Å². The smallest absolute Gasteiger partial charge is 0.187 e. The van der Waals surface area contributed by atoms with Crippen molar-refractivity contribution in [3.63, 3.8) is 0 Å². The van der Waals surface area contributed by atoms with E-state index in [4.69, 9.17) is 10.5 Å². The number of Topliss-reactive ketones (excluding diaryl/α,β-unsaturated/α-hetero) is 2. The molecule has 0 aliphatic carbocycles. The SMILES string of the molecule is N#CCC(=O)c1sc(C(=O)CC#N)c(-c2ccccc2)c1-c1ccccc1. The summed E-state index contributed by atoms with van der Waals surface area (Å²) in [6.45, 7) is 0. The zero-order valence-electron chi connectivity index (χ0n) is 14.3. The van der Waals surface area contributed by atoms with Gasteiger partial charge in [-0.25, -0.2) is 0 Å². The molecule has 1 aromatic heterocycles. The predicted octanol–water partition coefficient (Wildman–Crippen LogP) is 5.27. The first-order valence-electron chi connectivity index (χ1n) is 8.25. The van der Waals surface area contributed by atoms with E-state index < -0.39 is 0 Å². The summed E-state index contributed by atoms with van der Waals surface area (Å²) in [7, 11) is 0. The monoisotopic (exact) mass is 370 g/mol. The molecule has 0 saturated heterocycles. The summed E-state index contributed by atoms with van der Waals surface area (Å²) in [5.74, 6) is -0.649. The summed E-state index contributed by atoms with van der Waals surface area (Å²) in [5, 5.41) is 17.9. The Hall–Kier alpha value is -3.54. The number of thiophene rings is 1. The molecule has 0 bridgehead atoms. The van der Waals surface area contributed by atoms with Crippen LogP contribution < -0.4 is 0 Å². The van der Waals surface area contributed by atoms with Crippen molar-refractivity contribution in [3.8, 4) is 34.4 Å². The zero-order valence-corrected chi connectivity index (χ0v) is 15.1. The van der Waals surface area contributed by atoms with E-state index in [1.54, 1.807) is 0 Å². The molecule has 3 aromatic rings. The normalized spacial score (nSPS) is 10.0. The highest BCUT2D eigenvalue weighted by Gasteiger charge is 2.27. The van der Waals surface area contributed by atoms with Crippen LogP contribution in [0.25, 0.3) is 22.3 Å². The molecule has 0 fully saturated rings. The van der Waals surface area contributed by atoms with Gasteiger partial charge in [0.25, 0.3) is 0 Å². The molecule has 0 aliphatic rings. The van der Waals surface area contributed by atoms with E-state index in [0.29, 0.717) is 20.9 Å². The lowest BCUT2D eigenvalue weighted by Gasteiger charge is -2.09. The molecule has 2 aromatic carbocycles. The molecule has 5 heteroatoms. The second kappa shape index (κ2) is 8.23. The van der Waals surface area contributed by atoms with Gasteiger partial charge in [0.05, 0.1) is 34.7 Å². The topological polar surface area (TPSA) is 81.7 Å². The fraction of sp³-hybridized carbons (Fsp3) is 0.0909. The number of hydrogen-bond acceptors (Lipinski definition) is 5. The van der Waals surface area contributed by atoms with Crippen LogP contribution in [-0.4, -0.2) is 11.6 Å². The Balaban J connectivity index is 2.36. The van der Waals surface area contributed by atoms with Gasteiger partial charge in [0.1, 0.15) is 0 Å². The Kier molecular flexibility index (Phi) is 5.56. The summed E-state index contributed by atoms with van der Waals surface area (Å²) in [5.41, 5.74) is 2.89. The molecule has 4 nitrogen and oxygen atoms in total. The zero-order chi connectivity index (χ0) is 19.2. The molecule has 3 rings (SSSR count). The first kappa shape index (κ1) is 18.3. The van der Waals surface area contributed by atoms with Gasteiger partial charge >= 0.3 is 0 Å². The number of carbonyl (C=O) groups is 2. The summed E-state index contributed by atoms with van der Waals surface area (Å²) in [6, 6.07) is 22.4. The third-order valence-electron chi connectivity index (χ3n) is 4.02. The molecule has 0 unspecified atom stereocenters. The Morgan fingerprint density at radius 2 is 1.07 bits per heavy atom. The van der Waals surface area contributed by atoms with Crippen LogP contribution in [0.15, 0.2) is 60.7 Å². The fourth-order valence-electron chi connectivity index (χ4n) is 2.89. The first-order valence-corrected chi connectivity index (χ1v) is 9.07. The van der Waals surface area contributed by atoms with Gasteiger partial charge in [0.15, 0.2) is 11.6 Å². The largest absolute Gasteiger partial charge is 0.292 e. The van der Waals surface area contributed by atoms with Crippen LogP contribution in [0.4, 0.5) is 0 Å². The van der Waals surface area contributed by atoms with Crippen LogP contribution in [0.3, 0.4) is 0 Å². The van der Waals surface area contributed by atoms with Crippen molar-refractivity contribution in [3.05, 3.63) is 70.4 Å². The maximum atomic E-state index is 12.6. The van der Waals surface area contributed by atoms with Gasteiger partial charge in [-0.3, -0.25) is 9.59 Å². The molecular weight excluding hydrogens is 356 g/mol. The average molecular weight is 370 g/mol. The minimum absolute atomic E-state index is 0.263. The molecule has 1 heterocycles. The number of carbonyl (C=O) groups excluding carboxylic acids is 2. The molecule has 0 N–H and O–H groups in total. The summed E-state index contributed by atoms with van der Waals surface area (Å²) in [4.78, 5) is 26.0. The predicted molar refractivity (Wildman–Crippen MR) is 104 cm³/mol. The van der Waals surface area contributed by atoms with E-state index in [9.17, 15) is 9.59 Å². The van der Waals surface area contributed by atoms with Crippen molar-refractivity contribution >= 4 is 22.9 Å². The molecule has 27 heavy (non-hydrogen) atoms. The molecule has 0 spiro atoms. The van der Waals surface area contributed by atoms with Crippen LogP contribution in [0.5, 0.6) is 0 Å². The van der Waals surface area contributed by atoms with Gasteiger partial charge in [-0.2, -0.15) is 10.5 Å². The van der Waals surface area contributed by atoms with Crippen LogP contribution in [-0.2, 0) is 0 Å². The average Bonchev–Trinajstić information content (AvgIpc) is 3.10.